The number of hydrogen-bond acceptors (Lipinski definition) is 3. The first-order chi connectivity index (χ1) is 9.44. The zero-order valence-electron chi connectivity index (χ0n) is 11.0. The Hall–Kier alpha value is -1.30. The van der Waals surface area contributed by atoms with Gasteiger partial charge in [0.15, 0.2) is 0 Å². The maximum Gasteiger partial charge on any atom is 0.216 e. The average molecular weight is 314 g/mol. The maximum atomic E-state index is 12.0. The second-order valence-corrected chi connectivity index (χ2v) is 6.88. The van der Waals surface area contributed by atoms with E-state index < -0.39 is 10.0 Å². The van der Waals surface area contributed by atoms with Gasteiger partial charge in [0.1, 0.15) is 5.76 Å². The van der Waals surface area contributed by atoms with Crippen LogP contribution in [0.4, 0.5) is 0 Å². The van der Waals surface area contributed by atoms with Crippen molar-refractivity contribution in [2.24, 2.45) is 0 Å². The molecular weight excluding hydrogens is 298 g/mol. The highest BCUT2D eigenvalue weighted by molar-refractivity contribution is 7.88. The molecule has 0 saturated heterocycles. The van der Waals surface area contributed by atoms with Crippen molar-refractivity contribution in [1.29, 1.82) is 0 Å². The molecule has 0 aliphatic heterocycles. The van der Waals surface area contributed by atoms with Crippen molar-refractivity contribution >= 4 is 21.6 Å². The molecule has 2 rings (SSSR count). The van der Waals surface area contributed by atoms with Gasteiger partial charge in [0.2, 0.25) is 10.0 Å². The third kappa shape index (κ3) is 4.67. The molecule has 6 heteroatoms. The van der Waals surface area contributed by atoms with Gasteiger partial charge in [-0.25, -0.2) is 13.1 Å². The standard InChI is InChI=1S/C14H16ClNO3S/c1-11(9-14-3-2-8-19-14)16-20(17,18)10-12-4-6-13(15)7-5-12/h2-8,11,16H,9-10H2,1H3. The van der Waals surface area contributed by atoms with Crippen molar-refractivity contribution in [2.45, 2.75) is 25.1 Å². The molecule has 1 unspecified atom stereocenters. The molecule has 0 aliphatic rings. The fraction of sp³-hybridized carbons (Fsp3) is 0.286. The number of benzene rings is 1. The van der Waals surface area contributed by atoms with Crippen LogP contribution in [0, 0.1) is 0 Å². The summed E-state index contributed by atoms with van der Waals surface area (Å²) < 4.78 is 31.9. The van der Waals surface area contributed by atoms with E-state index in [4.69, 9.17) is 16.0 Å². The number of furan rings is 1. The summed E-state index contributed by atoms with van der Waals surface area (Å²) in [6.45, 7) is 1.81. The SMILES string of the molecule is CC(Cc1ccco1)NS(=O)(=O)Cc1ccc(Cl)cc1. The van der Waals surface area contributed by atoms with E-state index in [1.807, 2.05) is 13.0 Å². The molecule has 0 aliphatic carbocycles. The number of halogens is 1. The Morgan fingerprint density at radius 2 is 1.95 bits per heavy atom. The monoisotopic (exact) mass is 313 g/mol. The van der Waals surface area contributed by atoms with Crippen LogP contribution in [0.2, 0.25) is 5.02 Å². The van der Waals surface area contributed by atoms with Gasteiger partial charge in [-0.15, -0.1) is 0 Å². The normalized spacial score (nSPS) is 13.3. The van der Waals surface area contributed by atoms with Gasteiger partial charge in [-0.2, -0.15) is 0 Å². The predicted molar refractivity (Wildman–Crippen MR) is 79.1 cm³/mol. The van der Waals surface area contributed by atoms with Crippen LogP contribution >= 0.6 is 11.6 Å². The van der Waals surface area contributed by atoms with Crippen LogP contribution in [0.1, 0.15) is 18.2 Å². The second kappa shape index (κ2) is 6.43. The number of hydrogen-bond donors (Lipinski definition) is 1. The maximum absolute atomic E-state index is 12.0. The lowest BCUT2D eigenvalue weighted by molar-refractivity contribution is 0.479. The van der Waals surface area contributed by atoms with Crippen molar-refractivity contribution in [2.75, 3.05) is 0 Å². The molecule has 0 amide bonds. The summed E-state index contributed by atoms with van der Waals surface area (Å²) in [5, 5.41) is 0.588. The first kappa shape index (κ1) is 15.1. The highest BCUT2D eigenvalue weighted by atomic mass is 35.5. The van der Waals surface area contributed by atoms with Crippen LogP contribution < -0.4 is 4.72 Å². The molecule has 20 heavy (non-hydrogen) atoms. The third-order valence-corrected chi connectivity index (χ3v) is 4.46. The van der Waals surface area contributed by atoms with E-state index >= 15 is 0 Å². The highest BCUT2D eigenvalue weighted by Gasteiger charge is 2.16. The molecule has 1 heterocycles. The summed E-state index contributed by atoms with van der Waals surface area (Å²) in [5.41, 5.74) is 0.701. The molecule has 1 atom stereocenters. The fourth-order valence-electron chi connectivity index (χ4n) is 1.92. The minimum absolute atomic E-state index is 0.0628. The molecule has 0 bridgehead atoms. The lowest BCUT2D eigenvalue weighted by Crippen LogP contribution is -2.34. The zero-order valence-corrected chi connectivity index (χ0v) is 12.6. The number of rotatable bonds is 6. The van der Waals surface area contributed by atoms with Crippen LogP contribution in [-0.4, -0.2) is 14.5 Å². The smallest absolute Gasteiger partial charge is 0.216 e. The summed E-state index contributed by atoms with van der Waals surface area (Å²) >= 11 is 5.77. The van der Waals surface area contributed by atoms with Crippen molar-refractivity contribution in [1.82, 2.24) is 4.72 Å². The molecule has 1 aromatic carbocycles. The van der Waals surface area contributed by atoms with Gasteiger partial charge in [0, 0.05) is 17.5 Å². The molecule has 2 aromatic rings. The van der Waals surface area contributed by atoms with Gasteiger partial charge in [0.25, 0.3) is 0 Å². The van der Waals surface area contributed by atoms with Crippen LogP contribution in [0.15, 0.2) is 47.1 Å². The van der Waals surface area contributed by atoms with E-state index in [1.54, 1.807) is 36.6 Å². The van der Waals surface area contributed by atoms with E-state index in [0.717, 1.165) is 5.76 Å². The minimum atomic E-state index is -3.38. The largest absolute Gasteiger partial charge is 0.469 e. The summed E-state index contributed by atoms with van der Waals surface area (Å²) in [5.74, 6) is 0.693. The lowest BCUT2D eigenvalue weighted by Gasteiger charge is -2.13. The molecular formula is C14H16ClNO3S. The van der Waals surface area contributed by atoms with Gasteiger partial charge in [-0.05, 0) is 36.8 Å². The van der Waals surface area contributed by atoms with E-state index in [-0.39, 0.29) is 11.8 Å². The Morgan fingerprint density at radius 3 is 2.55 bits per heavy atom. The lowest BCUT2D eigenvalue weighted by atomic mass is 10.2. The number of sulfonamides is 1. The average Bonchev–Trinajstić information content (AvgIpc) is 2.83. The number of nitrogens with one attached hydrogen (secondary N) is 1. The Morgan fingerprint density at radius 1 is 1.25 bits per heavy atom. The topological polar surface area (TPSA) is 59.3 Å². The van der Waals surface area contributed by atoms with Crippen molar-refractivity contribution < 1.29 is 12.8 Å². The summed E-state index contributed by atoms with van der Waals surface area (Å²) in [4.78, 5) is 0. The van der Waals surface area contributed by atoms with Crippen LogP contribution in [-0.2, 0) is 22.2 Å². The first-order valence-electron chi connectivity index (χ1n) is 6.21. The summed E-state index contributed by atoms with van der Waals surface area (Å²) in [7, 11) is -3.38. The van der Waals surface area contributed by atoms with Crippen molar-refractivity contribution in [3.05, 3.63) is 59.0 Å². The Bertz CT molecular complexity index is 636. The Kier molecular flexibility index (Phi) is 4.86. The van der Waals surface area contributed by atoms with Gasteiger partial charge >= 0.3 is 0 Å². The predicted octanol–water partition coefficient (Wildman–Crippen LogP) is 2.98. The molecule has 0 fully saturated rings. The zero-order chi connectivity index (χ0) is 14.6. The molecule has 0 spiro atoms. The molecule has 0 saturated carbocycles. The van der Waals surface area contributed by atoms with E-state index in [0.29, 0.717) is 17.0 Å². The fourth-order valence-corrected chi connectivity index (χ4v) is 3.46. The van der Waals surface area contributed by atoms with Crippen molar-refractivity contribution in [3.63, 3.8) is 0 Å². The summed E-state index contributed by atoms with van der Waals surface area (Å²) in [6, 6.07) is 10.2. The van der Waals surface area contributed by atoms with E-state index in [2.05, 4.69) is 4.72 Å². The van der Waals surface area contributed by atoms with E-state index in [9.17, 15) is 8.42 Å². The quantitative estimate of drug-likeness (QED) is 0.892. The van der Waals surface area contributed by atoms with Gasteiger partial charge < -0.3 is 4.42 Å². The molecule has 1 aromatic heterocycles. The van der Waals surface area contributed by atoms with Gasteiger partial charge in [0.05, 0.1) is 12.0 Å². The second-order valence-electron chi connectivity index (χ2n) is 4.69. The highest BCUT2D eigenvalue weighted by Crippen LogP contribution is 2.12. The van der Waals surface area contributed by atoms with E-state index in [1.165, 1.54) is 0 Å². The van der Waals surface area contributed by atoms with Gasteiger partial charge in [-0.3, -0.25) is 0 Å². The molecule has 108 valence electrons. The summed E-state index contributed by atoms with van der Waals surface area (Å²) in [6.07, 6.45) is 2.09. The van der Waals surface area contributed by atoms with Crippen molar-refractivity contribution in [3.8, 4) is 0 Å². The third-order valence-electron chi connectivity index (χ3n) is 2.74. The molecule has 1 N–H and O–H groups in total. The van der Waals surface area contributed by atoms with Crippen LogP contribution in [0.25, 0.3) is 0 Å². The Balaban J connectivity index is 1.94. The minimum Gasteiger partial charge on any atom is -0.469 e. The molecule has 4 nitrogen and oxygen atoms in total. The van der Waals surface area contributed by atoms with Gasteiger partial charge in [-0.1, -0.05) is 23.7 Å². The molecule has 0 radical (unpaired) electrons. The van der Waals surface area contributed by atoms with Crippen LogP contribution in [0.3, 0.4) is 0 Å². The Labute approximate surface area is 123 Å². The first-order valence-corrected chi connectivity index (χ1v) is 8.24. The van der Waals surface area contributed by atoms with Crippen LogP contribution in [0.5, 0.6) is 0 Å².